The number of carbonyl (C=O) groups is 1. The summed E-state index contributed by atoms with van der Waals surface area (Å²) in [6.45, 7) is 0.0249. The molecule has 2 aromatic heterocycles. The molecule has 7 nitrogen and oxygen atoms in total. The monoisotopic (exact) mass is 250 g/mol. The lowest BCUT2D eigenvalue weighted by atomic mass is 10.1. The van der Waals surface area contributed by atoms with Crippen molar-refractivity contribution >= 4 is 5.97 Å². The molecular formula is C11H14N4O3. The predicted molar refractivity (Wildman–Crippen MR) is 62.7 cm³/mol. The van der Waals surface area contributed by atoms with Crippen LogP contribution in [0.2, 0.25) is 0 Å². The molecule has 0 aliphatic rings. The smallest absolute Gasteiger partial charge is 0.356 e. The Morgan fingerprint density at radius 2 is 2.22 bits per heavy atom. The fourth-order valence-electron chi connectivity index (χ4n) is 1.70. The lowest BCUT2D eigenvalue weighted by Crippen LogP contribution is -2.03. The Morgan fingerprint density at radius 1 is 1.44 bits per heavy atom. The van der Waals surface area contributed by atoms with Gasteiger partial charge < -0.3 is 10.2 Å². The minimum atomic E-state index is -1.06. The zero-order valence-corrected chi connectivity index (χ0v) is 9.94. The molecule has 0 aliphatic carbocycles. The van der Waals surface area contributed by atoms with E-state index in [9.17, 15) is 4.79 Å². The highest BCUT2D eigenvalue weighted by Gasteiger charge is 2.16. The molecule has 18 heavy (non-hydrogen) atoms. The zero-order valence-electron chi connectivity index (χ0n) is 9.94. The van der Waals surface area contributed by atoms with Gasteiger partial charge in [-0.15, -0.1) is 0 Å². The van der Waals surface area contributed by atoms with Crippen LogP contribution in [0.15, 0.2) is 18.6 Å². The van der Waals surface area contributed by atoms with Crippen molar-refractivity contribution in [2.75, 3.05) is 6.61 Å². The summed E-state index contributed by atoms with van der Waals surface area (Å²) in [4.78, 5) is 11.1. The van der Waals surface area contributed by atoms with Crippen molar-refractivity contribution in [3.8, 4) is 5.69 Å². The van der Waals surface area contributed by atoms with Gasteiger partial charge >= 0.3 is 5.97 Å². The van der Waals surface area contributed by atoms with Crippen molar-refractivity contribution in [1.82, 2.24) is 19.6 Å². The summed E-state index contributed by atoms with van der Waals surface area (Å²) in [6.07, 6.45) is 6.01. The number of hydrogen-bond acceptors (Lipinski definition) is 4. The first-order valence-corrected chi connectivity index (χ1v) is 5.53. The van der Waals surface area contributed by atoms with Crippen LogP contribution in [0.1, 0.15) is 22.5 Å². The first-order chi connectivity index (χ1) is 8.61. The first-order valence-electron chi connectivity index (χ1n) is 5.53. The van der Waals surface area contributed by atoms with Gasteiger partial charge in [-0.3, -0.25) is 4.68 Å². The van der Waals surface area contributed by atoms with Gasteiger partial charge in [0.25, 0.3) is 0 Å². The normalized spacial score (nSPS) is 10.8. The molecule has 0 spiro atoms. The maximum Gasteiger partial charge on any atom is 0.356 e. The number of aromatic carboxylic acids is 1. The highest BCUT2D eigenvalue weighted by Crippen LogP contribution is 2.13. The van der Waals surface area contributed by atoms with E-state index in [4.69, 9.17) is 10.2 Å². The fourth-order valence-corrected chi connectivity index (χ4v) is 1.70. The maximum atomic E-state index is 11.1. The lowest BCUT2D eigenvalue weighted by Gasteiger charge is -1.95. The predicted octanol–water partition coefficient (Wildman–Crippen LogP) is 0.229. The molecule has 0 aromatic carbocycles. The van der Waals surface area contributed by atoms with Crippen LogP contribution in [0.3, 0.4) is 0 Å². The van der Waals surface area contributed by atoms with Gasteiger partial charge in [-0.1, -0.05) is 0 Å². The van der Waals surface area contributed by atoms with E-state index >= 15 is 0 Å². The number of aliphatic hydroxyl groups excluding tert-OH is 1. The van der Waals surface area contributed by atoms with Gasteiger partial charge in [-0.05, 0) is 12.8 Å². The van der Waals surface area contributed by atoms with Crippen LogP contribution in [-0.2, 0) is 13.5 Å². The second-order valence-corrected chi connectivity index (χ2v) is 3.95. The Labute approximate surface area is 103 Å². The van der Waals surface area contributed by atoms with E-state index in [2.05, 4.69) is 10.2 Å². The van der Waals surface area contributed by atoms with Gasteiger partial charge in [0.05, 0.1) is 12.4 Å². The number of hydrogen-bond donors (Lipinski definition) is 2. The highest BCUT2D eigenvalue weighted by molar-refractivity contribution is 5.87. The lowest BCUT2D eigenvalue weighted by molar-refractivity contribution is 0.0688. The molecule has 0 saturated heterocycles. The molecule has 0 aliphatic heterocycles. The summed E-state index contributed by atoms with van der Waals surface area (Å²) in [7, 11) is 1.78. The molecule has 2 aromatic rings. The average Bonchev–Trinajstić information content (AvgIpc) is 2.92. The molecule has 0 amide bonds. The van der Waals surface area contributed by atoms with E-state index in [1.807, 2.05) is 0 Å². The third kappa shape index (κ3) is 2.40. The molecule has 96 valence electrons. The maximum absolute atomic E-state index is 11.1. The van der Waals surface area contributed by atoms with Crippen molar-refractivity contribution in [3.63, 3.8) is 0 Å². The highest BCUT2D eigenvalue weighted by atomic mass is 16.4. The number of nitrogens with zero attached hydrogens (tertiary/aromatic N) is 4. The van der Waals surface area contributed by atoms with E-state index in [1.165, 1.54) is 4.68 Å². The summed E-state index contributed by atoms with van der Waals surface area (Å²) in [5, 5.41) is 25.9. The van der Waals surface area contributed by atoms with Gasteiger partial charge in [0, 0.05) is 25.4 Å². The van der Waals surface area contributed by atoms with E-state index < -0.39 is 5.97 Å². The van der Waals surface area contributed by atoms with Crippen LogP contribution in [0, 0.1) is 0 Å². The standard InChI is InChI=1S/C11H14N4O3/c1-14-7-9(5-12-14)15-6-8(3-2-4-16)10(13-15)11(17)18/h5-7,16H,2-4H2,1H3,(H,17,18). The molecule has 0 bridgehead atoms. The van der Waals surface area contributed by atoms with Crippen molar-refractivity contribution in [1.29, 1.82) is 0 Å². The number of rotatable bonds is 5. The number of aryl methyl sites for hydroxylation is 2. The molecule has 7 heteroatoms. The first kappa shape index (κ1) is 12.3. The minimum absolute atomic E-state index is 0.0207. The van der Waals surface area contributed by atoms with Crippen molar-refractivity contribution in [2.24, 2.45) is 7.05 Å². The van der Waals surface area contributed by atoms with Crippen LogP contribution < -0.4 is 0 Å². The Bertz CT molecular complexity index is 558. The largest absolute Gasteiger partial charge is 0.476 e. The molecular weight excluding hydrogens is 236 g/mol. The fraction of sp³-hybridized carbons (Fsp3) is 0.364. The van der Waals surface area contributed by atoms with E-state index in [1.54, 1.807) is 30.3 Å². The van der Waals surface area contributed by atoms with Crippen LogP contribution >= 0.6 is 0 Å². The number of carboxylic acids is 1. The summed E-state index contributed by atoms with van der Waals surface area (Å²) in [5.74, 6) is -1.06. The van der Waals surface area contributed by atoms with Crippen molar-refractivity contribution in [3.05, 3.63) is 29.8 Å². The van der Waals surface area contributed by atoms with E-state index in [-0.39, 0.29) is 12.3 Å². The van der Waals surface area contributed by atoms with Gasteiger partial charge in [0.2, 0.25) is 0 Å². The van der Waals surface area contributed by atoms with Crippen LogP contribution in [0.5, 0.6) is 0 Å². The second-order valence-electron chi connectivity index (χ2n) is 3.95. The zero-order chi connectivity index (χ0) is 13.1. The molecule has 2 rings (SSSR count). The van der Waals surface area contributed by atoms with E-state index in [0.717, 1.165) is 0 Å². The van der Waals surface area contributed by atoms with Crippen LogP contribution in [-0.4, -0.2) is 42.4 Å². The van der Waals surface area contributed by atoms with Gasteiger partial charge in [-0.25, -0.2) is 9.48 Å². The Morgan fingerprint density at radius 3 is 2.78 bits per heavy atom. The third-order valence-corrected chi connectivity index (χ3v) is 2.55. The second kappa shape index (κ2) is 5.01. The van der Waals surface area contributed by atoms with Crippen LogP contribution in [0.25, 0.3) is 5.69 Å². The molecule has 2 N–H and O–H groups in total. The Balaban J connectivity index is 2.35. The van der Waals surface area contributed by atoms with Gasteiger partial charge in [-0.2, -0.15) is 10.2 Å². The van der Waals surface area contributed by atoms with Gasteiger partial charge in [0.15, 0.2) is 5.69 Å². The van der Waals surface area contributed by atoms with Crippen molar-refractivity contribution in [2.45, 2.75) is 12.8 Å². The Hall–Kier alpha value is -2.15. The molecule has 0 atom stereocenters. The quantitative estimate of drug-likeness (QED) is 0.792. The van der Waals surface area contributed by atoms with Crippen molar-refractivity contribution < 1.29 is 15.0 Å². The average molecular weight is 250 g/mol. The molecule has 0 saturated carbocycles. The summed E-state index contributed by atoms with van der Waals surface area (Å²) in [5.41, 5.74) is 1.34. The number of aromatic nitrogens is 4. The van der Waals surface area contributed by atoms with Gasteiger partial charge in [0.1, 0.15) is 5.69 Å². The molecule has 0 unspecified atom stereocenters. The summed E-state index contributed by atoms with van der Waals surface area (Å²) < 4.78 is 3.11. The third-order valence-electron chi connectivity index (χ3n) is 2.55. The summed E-state index contributed by atoms with van der Waals surface area (Å²) in [6, 6.07) is 0. The van der Waals surface area contributed by atoms with E-state index in [0.29, 0.717) is 24.1 Å². The number of carboxylic acid groups (broad SMARTS) is 1. The summed E-state index contributed by atoms with van der Waals surface area (Å²) >= 11 is 0. The molecule has 0 radical (unpaired) electrons. The SMILES string of the molecule is Cn1cc(-n2cc(CCCO)c(C(=O)O)n2)cn1. The Kier molecular flexibility index (Phi) is 3.42. The minimum Gasteiger partial charge on any atom is -0.476 e. The topological polar surface area (TPSA) is 93.2 Å². The molecule has 2 heterocycles. The number of aliphatic hydroxyl groups is 1. The van der Waals surface area contributed by atoms with Crippen LogP contribution in [0.4, 0.5) is 0 Å². The molecule has 0 fully saturated rings.